The summed E-state index contributed by atoms with van der Waals surface area (Å²) in [5.41, 5.74) is 20.5. The Morgan fingerprint density at radius 3 is 1.54 bits per heavy atom. The highest BCUT2D eigenvalue weighted by atomic mass is 14.4. The molecular weight excluding hydrogens is 625 g/mol. The fourth-order valence-electron chi connectivity index (χ4n) is 8.42. The Morgan fingerprint density at radius 2 is 0.885 bits per heavy atom. The normalized spacial score (nSPS) is 16.0. The molecule has 0 N–H and O–H groups in total. The van der Waals surface area contributed by atoms with E-state index in [1.54, 1.807) is 0 Å². The maximum atomic E-state index is 2.44. The molecule has 7 aromatic carbocycles. The molecule has 2 unspecified atom stereocenters. The fraction of sp³-hybridized carbons (Fsp3) is 0.0769. The smallest absolute Gasteiger partial charge is 0.0200 e. The van der Waals surface area contributed by atoms with Crippen LogP contribution in [0.25, 0.3) is 50.1 Å². The van der Waals surface area contributed by atoms with E-state index in [-0.39, 0.29) is 11.8 Å². The number of benzene rings is 7. The van der Waals surface area contributed by atoms with E-state index in [1.807, 2.05) is 0 Å². The van der Waals surface area contributed by atoms with Crippen molar-refractivity contribution in [2.24, 2.45) is 5.92 Å². The molecule has 9 rings (SSSR count). The van der Waals surface area contributed by atoms with Gasteiger partial charge in [-0.25, -0.2) is 0 Å². The van der Waals surface area contributed by atoms with E-state index in [2.05, 4.69) is 208 Å². The maximum Gasteiger partial charge on any atom is 0.0200 e. The first kappa shape index (κ1) is 31.7. The van der Waals surface area contributed by atoms with Gasteiger partial charge in [-0.2, -0.15) is 0 Å². The van der Waals surface area contributed by atoms with Gasteiger partial charge in [-0.1, -0.05) is 182 Å². The Kier molecular flexibility index (Phi) is 8.22. The molecule has 0 saturated heterocycles. The molecule has 7 aromatic rings. The molecular formula is C52H40. The first-order valence-electron chi connectivity index (χ1n) is 18.3. The van der Waals surface area contributed by atoms with Crippen molar-refractivity contribution in [1.82, 2.24) is 0 Å². The zero-order valence-corrected chi connectivity index (χ0v) is 29.6. The van der Waals surface area contributed by atoms with Crippen LogP contribution in [-0.2, 0) is 0 Å². The molecule has 2 atom stereocenters. The van der Waals surface area contributed by atoms with Crippen molar-refractivity contribution in [2.45, 2.75) is 19.8 Å². The number of hydrogen-bond acceptors (Lipinski definition) is 0. The van der Waals surface area contributed by atoms with E-state index in [9.17, 15) is 0 Å². The largest absolute Gasteiger partial charge is 0.0760 e. The van der Waals surface area contributed by atoms with E-state index in [4.69, 9.17) is 0 Å². The average Bonchev–Trinajstić information content (AvgIpc) is 3.20. The summed E-state index contributed by atoms with van der Waals surface area (Å²) < 4.78 is 0. The summed E-state index contributed by atoms with van der Waals surface area (Å²) in [6.45, 7) is 4.47. The van der Waals surface area contributed by atoms with Gasteiger partial charge in [-0.15, -0.1) is 0 Å². The Balaban J connectivity index is 1.16. The van der Waals surface area contributed by atoms with Crippen molar-refractivity contribution < 1.29 is 0 Å². The minimum absolute atomic E-state index is 0.193. The lowest BCUT2D eigenvalue weighted by molar-refractivity contribution is 0.648. The lowest BCUT2D eigenvalue weighted by atomic mass is 9.66. The third-order valence-corrected chi connectivity index (χ3v) is 10.7. The zero-order chi connectivity index (χ0) is 35.0. The standard InChI is InChI=1S/C52H40/c1-35-27-43(41-21-13-19-39(31-41)37-15-5-3-6-16-37)33-45(29-35)51-47-23-9-11-25-49(47)52(50-26-12-10-24-48(50)51)46-30-36(2)28-44(34-46)42-22-14-20-40(32-42)38-17-7-4-8-18-38/h3-34,47,51H,1-2H3. The van der Waals surface area contributed by atoms with Gasteiger partial charge in [-0.3, -0.25) is 0 Å². The number of allylic oxidation sites excluding steroid dienone is 5. The van der Waals surface area contributed by atoms with Crippen molar-refractivity contribution in [1.29, 1.82) is 0 Å². The fourth-order valence-corrected chi connectivity index (χ4v) is 8.42. The van der Waals surface area contributed by atoms with Crippen LogP contribution in [0, 0.1) is 19.8 Å². The first-order valence-corrected chi connectivity index (χ1v) is 18.3. The summed E-state index contributed by atoms with van der Waals surface area (Å²) in [6.07, 6.45) is 9.24. The minimum Gasteiger partial charge on any atom is -0.0760 e. The topological polar surface area (TPSA) is 0 Å². The maximum absolute atomic E-state index is 2.44. The van der Waals surface area contributed by atoms with E-state index in [1.165, 1.54) is 89.0 Å². The van der Waals surface area contributed by atoms with Gasteiger partial charge in [0.05, 0.1) is 0 Å². The molecule has 0 bridgehead atoms. The van der Waals surface area contributed by atoms with Gasteiger partial charge < -0.3 is 0 Å². The first-order chi connectivity index (χ1) is 25.6. The highest BCUT2D eigenvalue weighted by molar-refractivity contribution is 5.90. The number of fused-ring (bicyclic) bond motifs is 2. The highest BCUT2D eigenvalue weighted by Gasteiger charge is 2.35. The SMILES string of the molecule is Cc1cc(C2=C3C=CC=CC3C(c3cc(C)cc(-c4cccc(-c5ccccc5)c4)c3)c3ccccc32)cc(-c2cccc(-c3ccccc3)c2)c1. The molecule has 0 aliphatic heterocycles. The second kappa shape index (κ2) is 13.5. The van der Waals surface area contributed by atoms with E-state index >= 15 is 0 Å². The molecule has 0 nitrogen and oxygen atoms in total. The van der Waals surface area contributed by atoms with E-state index in [0.717, 1.165) is 0 Å². The van der Waals surface area contributed by atoms with Crippen LogP contribution in [0.3, 0.4) is 0 Å². The third kappa shape index (κ3) is 5.97. The van der Waals surface area contributed by atoms with Crippen LogP contribution in [0.5, 0.6) is 0 Å². The summed E-state index contributed by atoms with van der Waals surface area (Å²) in [4.78, 5) is 0. The minimum atomic E-state index is 0.193. The molecule has 52 heavy (non-hydrogen) atoms. The number of rotatable bonds is 6. The molecule has 2 aliphatic rings. The summed E-state index contributed by atoms with van der Waals surface area (Å²) in [7, 11) is 0. The van der Waals surface area contributed by atoms with Gasteiger partial charge in [0.1, 0.15) is 0 Å². The van der Waals surface area contributed by atoms with Gasteiger partial charge >= 0.3 is 0 Å². The predicted octanol–water partition coefficient (Wildman–Crippen LogP) is 13.7. The van der Waals surface area contributed by atoms with Gasteiger partial charge in [-0.05, 0) is 116 Å². The van der Waals surface area contributed by atoms with Crippen LogP contribution < -0.4 is 0 Å². The lowest BCUT2D eigenvalue weighted by Crippen LogP contribution is -2.23. The van der Waals surface area contributed by atoms with Crippen molar-refractivity contribution in [3.8, 4) is 44.5 Å². The number of hydrogen-bond donors (Lipinski definition) is 0. The van der Waals surface area contributed by atoms with Crippen LogP contribution in [-0.4, -0.2) is 0 Å². The van der Waals surface area contributed by atoms with Crippen molar-refractivity contribution >= 4 is 5.57 Å². The molecule has 0 spiro atoms. The van der Waals surface area contributed by atoms with Crippen LogP contribution in [0.2, 0.25) is 0 Å². The van der Waals surface area contributed by atoms with Crippen molar-refractivity contribution in [3.05, 3.63) is 233 Å². The van der Waals surface area contributed by atoms with E-state index in [0.29, 0.717) is 0 Å². The summed E-state index contributed by atoms with van der Waals surface area (Å²) in [5.74, 6) is 0.407. The Morgan fingerprint density at radius 1 is 0.385 bits per heavy atom. The second-order valence-corrected chi connectivity index (χ2v) is 14.3. The van der Waals surface area contributed by atoms with Gasteiger partial charge in [0.2, 0.25) is 0 Å². The average molecular weight is 665 g/mol. The lowest BCUT2D eigenvalue weighted by Gasteiger charge is -2.37. The summed E-state index contributed by atoms with van der Waals surface area (Å²) in [6, 6.07) is 62.7. The van der Waals surface area contributed by atoms with Crippen LogP contribution in [0.15, 0.2) is 200 Å². The molecule has 0 saturated carbocycles. The highest BCUT2D eigenvalue weighted by Crippen LogP contribution is 2.51. The molecule has 0 amide bonds. The van der Waals surface area contributed by atoms with Crippen LogP contribution >= 0.6 is 0 Å². The monoisotopic (exact) mass is 664 g/mol. The molecule has 2 aliphatic carbocycles. The van der Waals surface area contributed by atoms with Gasteiger partial charge in [0, 0.05) is 11.8 Å². The van der Waals surface area contributed by atoms with E-state index < -0.39 is 0 Å². The van der Waals surface area contributed by atoms with Gasteiger partial charge in [0.25, 0.3) is 0 Å². The molecule has 0 fully saturated rings. The quantitative estimate of drug-likeness (QED) is 0.166. The predicted molar refractivity (Wildman–Crippen MR) is 220 cm³/mol. The second-order valence-electron chi connectivity index (χ2n) is 14.3. The van der Waals surface area contributed by atoms with Crippen LogP contribution in [0.4, 0.5) is 0 Å². The molecule has 0 aromatic heterocycles. The summed E-state index contributed by atoms with van der Waals surface area (Å²) in [5, 5.41) is 0. The summed E-state index contributed by atoms with van der Waals surface area (Å²) >= 11 is 0. The number of aryl methyl sites for hydroxylation is 2. The zero-order valence-electron chi connectivity index (χ0n) is 29.6. The Hall–Kier alpha value is -6.24. The molecule has 0 radical (unpaired) electrons. The van der Waals surface area contributed by atoms with Crippen molar-refractivity contribution in [2.75, 3.05) is 0 Å². The van der Waals surface area contributed by atoms with Crippen LogP contribution in [0.1, 0.15) is 39.3 Å². The Bertz CT molecular complexity index is 2530. The Labute approximate surface area is 307 Å². The molecule has 0 heterocycles. The molecule has 248 valence electrons. The molecule has 0 heteroatoms. The van der Waals surface area contributed by atoms with Crippen molar-refractivity contribution in [3.63, 3.8) is 0 Å². The van der Waals surface area contributed by atoms with Gasteiger partial charge in [0.15, 0.2) is 0 Å². The third-order valence-electron chi connectivity index (χ3n) is 10.7.